The van der Waals surface area contributed by atoms with E-state index in [0.29, 0.717) is 5.41 Å². The highest BCUT2D eigenvalue weighted by Crippen LogP contribution is 2.18. The fourth-order valence-corrected chi connectivity index (χ4v) is 1.39. The molecule has 0 aliphatic heterocycles. The summed E-state index contributed by atoms with van der Waals surface area (Å²) in [5.74, 6) is 0. The Hall–Kier alpha value is -0.120. The van der Waals surface area contributed by atoms with Gasteiger partial charge in [-0.3, -0.25) is 0 Å². The predicted molar refractivity (Wildman–Crippen MR) is 64.3 cm³/mol. The highest BCUT2D eigenvalue weighted by molar-refractivity contribution is 4.71. The molecule has 3 nitrogen and oxygen atoms in total. The molecule has 0 aliphatic rings. The van der Waals surface area contributed by atoms with Crippen LogP contribution in [0.1, 0.15) is 33.1 Å². The molecule has 15 heavy (non-hydrogen) atoms. The van der Waals surface area contributed by atoms with Crippen LogP contribution in [0.4, 0.5) is 0 Å². The first-order valence-electron chi connectivity index (χ1n) is 5.81. The third-order valence-corrected chi connectivity index (χ3v) is 2.54. The van der Waals surface area contributed by atoms with Gasteiger partial charge >= 0.3 is 0 Å². The molecule has 0 saturated carbocycles. The summed E-state index contributed by atoms with van der Waals surface area (Å²) in [6.07, 6.45) is 3.44. The van der Waals surface area contributed by atoms with Crippen LogP contribution < -0.4 is 5.32 Å². The molecule has 0 atom stereocenters. The lowest BCUT2D eigenvalue weighted by Gasteiger charge is -2.24. The summed E-state index contributed by atoms with van der Waals surface area (Å²) in [5.41, 5.74) is 0.331. The van der Waals surface area contributed by atoms with Crippen LogP contribution >= 0.6 is 0 Å². The maximum atomic E-state index is 5.09. The molecule has 92 valence electrons. The molecular weight excluding hydrogens is 190 g/mol. The van der Waals surface area contributed by atoms with E-state index in [1.54, 1.807) is 14.2 Å². The third kappa shape index (κ3) is 10.2. The molecule has 0 saturated heterocycles. The van der Waals surface area contributed by atoms with E-state index in [9.17, 15) is 0 Å². The Morgan fingerprint density at radius 2 is 1.67 bits per heavy atom. The zero-order chi connectivity index (χ0) is 11.6. The summed E-state index contributed by atoms with van der Waals surface area (Å²) < 4.78 is 10.1. The lowest BCUT2D eigenvalue weighted by atomic mass is 9.90. The maximum Gasteiger partial charge on any atom is 0.0467 e. The zero-order valence-electron chi connectivity index (χ0n) is 10.8. The molecule has 0 heterocycles. The second-order valence-corrected chi connectivity index (χ2v) is 4.78. The van der Waals surface area contributed by atoms with E-state index in [-0.39, 0.29) is 0 Å². The van der Waals surface area contributed by atoms with Crippen molar-refractivity contribution in [1.82, 2.24) is 5.32 Å². The van der Waals surface area contributed by atoms with E-state index < -0.39 is 0 Å². The summed E-state index contributed by atoms with van der Waals surface area (Å²) in [7, 11) is 3.51. The molecule has 0 aliphatic carbocycles. The fraction of sp³-hybridized carbons (Fsp3) is 1.00. The SMILES string of the molecule is COCCCCNCC(C)(C)CCOC. The van der Waals surface area contributed by atoms with Crippen molar-refractivity contribution in [2.45, 2.75) is 33.1 Å². The van der Waals surface area contributed by atoms with Crippen LogP contribution in [-0.4, -0.2) is 40.5 Å². The summed E-state index contributed by atoms with van der Waals surface area (Å²) in [6.45, 7) is 8.40. The van der Waals surface area contributed by atoms with Gasteiger partial charge in [0, 0.05) is 34.0 Å². The van der Waals surface area contributed by atoms with Gasteiger partial charge in [-0.2, -0.15) is 0 Å². The Balaban J connectivity index is 3.32. The molecule has 0 fully saturated rings. The first kappa shape index (κ1) is 14.9. The van der Waals surface area contributed by atoms with Crippen molar-refractivity contribution in [3.05, 3.63) is 0 Å². The Labute approximate surface area is 94.5 Å². The molecule has 0 aromatic heterocycles. The van der Waals surface area contributed by atoms with Crippen molar-refractivity contribution in [2.24, 2.45) is 5.41 Å². The molecule has 0 radical (unpaired) electrons. The van der Waals surface area contributed by atoms with Gasteiger partial charge in [-0.15, -0.1) is 0 Å². The van der Waals surface area contributed by atoms with Crippen LogP contribution in [0.2, 0.25) is 0 Å². The summed E-state index contributed by atoms with van der Waals surface area (Å²) in [4.78, 5) is 0. The second kappa shape index (κ2) is 9.13. The van der Waals surface area contributed by atoms with Gasteiger partial charge in [0.15, 0.2) is 0 Å². The van der Waals surface area contributed by atoms with E-state index >= 15 is 0 Å². The second-order valence-electron chi connectivity index (χ2n) is 4.78. The van der Waals surface area contributed by atoms with Crippen molar-refractivity contribution >= 4 is 0 Å². The van der Waals surface area contributed by atoms with Gasteiger partial charge in [-0.05, 0) is 31.2 Å². The topological polar surface area (TPSA) is 30.5 Å². The normalized spacial score (nSPS) is 12.0. The Morgan fingerprint density at radius 3 is 2.27 bits per heavy atom. The maximum absolute atomic E-state index is 5.09. The average molecular weight is 217 g/mol. The molecule has 0 bridgehead atoms. The van der Waals surface area contributed by atoms with Crippen molar-refractivity contribution in [3.63, 3.8) is 0 Å². The lowest BCUT2D eigenvalue weighted by molar-refractivity contribution is 0.150. The van der Waals surface area contributed by atoms with Gasteiger partial charge in [0.25, 0.3) is 0 Å². The van der Waals surface area contributed by atoms with Gasteiger partial charge in [0.2, 0.25) is 0 Å². The van der Waals surface area contributed by atoms with Crippen molar-refractivity contribution in [1.29, 1.82) is 0 Å². The average Bonchev–Trinajstić information content (AvgIpc) is 2.20. The smallest absolute Gasteiger partial charge is 0.0467 e. The molecule has 1 N–H and O–H groups in total. The van der Waals surface area contributed by atoms with Gasteiger partial charge in [0.1, 0.15) is 0 Å². The number of unbranched alkanes of at least 4 members (excludes halogenated alkanes) is 1. The standard InChI is InChI=1S/C12H27NO2/c1-12(2,7-10-15-4)11-13-8-5-6-9-14-3/h13H,5-11H2,1-4H3. The van der Waals surface area contributed by atoms with Gasteiger partial charge in [-0.25, -0.2) is 0 Å². The van der Waals surface area contributed by atoms with Gasteiger partial charge in [0.05, 0.1) is 0 Å². The third-order valence-electron chi connectivity index (χ3n) is 2.54. The fourth-order valence-electron chi connectivity index (χ4n) is 1.39. The number of methoxy groups -OCH3 is 2. The summed E-state index contributed by atoms with van der Waals surface area (Å²) >= 11 is 0. The van der Waals surface area contributed by atoms with Crippen LogP contribution in [0.3, 0.4) is 0 Å². The van der Waals surface area contributed by atoms with E-state index in [1.807, 2.05) is 0 Å². The van der Waals surface area contributed by atoms with E-state index in [2.05, 4.69) is 19.2 Å². The molecule has 3 heteroatoms. The molecule has 0 aromatic rings. The highest BCUT2D eigenvalue weighted by Gasteiger charge is 2.16. The predicted octanol–water partition coefficient (Wildman–Crippen LogP) is 2.07. The molecule has 0 spiro atoms. The van der Waals surface area contributed by atoms with Crippen LogP contribution in [0, 0.1) is 5.41 Å². The van der Waals surface area contributed by atoms with Gasteiger partial charge in [-0.1, -0.05) is 13.8 Å². The van der Waals surface area contributed by atoms with Crippen LogP contribution in [0.25, 0.3) is 0 Å². The van der Waals surface area contributed by atoms with Crippen LogP contribution in [-0.2, 0) is 9.47 Å². The molecule has 0 amide bonds. The highest BCUT2D eigenvalue weighted by atomic mass is 16.5. The van der Waals surface area contributed by atoms with Crippen LogP contribution in [0.5, 0.6) is 0 Å². The largest absolute Gasteiger partial charge is 0.385 e. The summed E-state index contributed by atoms with van der Waals surface area (Å²) in [6, 6.07) is 0. The van der Waals surface area contributed by atoms with Gasteiger partial charge < -0.3 is 14.8 Å². The first-order valence-corrected chi connectivity index (χ1v) is 5.81. The Kier molecular flexibility index (Phi) is 9.06. The molecule has 0 rings (SSSR count). The minimum Gasteiger partial charge on any atom is -0.385 e. The Bertz CT molecular complexity index is 138. The Morgan fingerprint density at radius 1 is 1.00 bits per heavy atom. The summed E-state index contributed by atoms with van der Waals surface area (Å²) in [5, 5.41) is 3.48. The minimum absolute atomic E-state index is 0.331. The molecule has 0 aromatic carbocycles. The minimum atomic E-state index is 0.331. The molecular formula is C12H27NO2. The zero-order valence-corrected chi connectivity index (χ0v) is 10.8. The number of hydrogen-bond acceptors (Lipinski definition) is 3. The number of nitrogens with one attached hydrogen (secondary N) is 1. The molecule has 0 unspecified atom stereocenters. The van der Waals surface area contributed by atoms with E-state index in [0.717, 1.165) is 39.1 Å². The van der Waals surface area contributed by atoms with Crippen molar-refractivity contribution in [3.8, 4) is 0 Å². The lowest BCUT2D eigenvalue weighted by Crippen LogP contribution is -2.31. The van der Waals surface area contributed by atoms with E-state index in [4.69, 9.17) is 9.47 Å². The number of rotatable bonds is 10. The number of ether oxygens (including phenoxy) is 2. The first-order chi connectivity index (χ1) is 7.12. The monoisotopic (exact) mass is 217 g/mol. The van der Waals surface area contributed by atoms with Crippen LogP contribution in [0.15, 0.2) is 0 Å². The van der Waals surface area contributed by atoms with E-state index in [1.165, 1.54) is 6.42 Å². The quantitative estimate of drug-likeness (QED) is 0.568. The van der Waals surface area contributed by atoms with Crippen molar-refractivity contribution < 1.29 is 9.47 Å². The number of hydrogen-bond donors (Lipinski definition) is 1. The van der Waals surface area contributed by atoms with Crippen molar-refractivity contribution in [2.75, 3.05) is 40.5 Å².